The Labute approximate surface area is 136 Å². The summed E-state index contributed by atoms with van der Waals surface area (Å²) in [4.78, 5) is 14.2. The van der Waals surface area contributed by atoms with Crippen LogP contribution in [0.5, 0.6) is 0 Å². The minimum absolute atomic E-state index is 0.0204. The quantitative estimate of drug-likeness (QED) is 0.752. The molecule has 0 saturated carbocycles. The number of aromatic nitrogens is 1. The van der Waals surface area contributed by atoms with Gasteiger partial charge in [-0.05, 0) is 52.9 Å². The van der Waals surface area contributed by atoms with Crippen LogP contribution in [-0.2, 0) is 6.54 Å². The van der Waals surface area contributed by atoms with E-state index in [9.17, 15) is 4.79 Å². The van der Waals surface area contributed by atoms with Gasteiger partial charge in [0.25, 0.3) is 5.91 Å². The van der Waals surface area contributed by atoms with Crippen molar-refractivity contribution >= 4 is 44.8 Å². The highest BCUT2D eigenvalue weighted by Gasteiger charge is 2.19. The highest BCUT2D eigenvalue weighted by molar-refractivity contribution is 9.11. The molecule has 3 nitrogen and oxygen atoms in total. The fraction of sp³-hybridized carbons (Fsp3) is 0.357. The predicted octanol–water partition coefficient (Wildman–Crippen LogP) is 4.82. The van der Waals surface area contributed by atoms with Crippen LogP contribution in [-0.4, -0.2) is 22.4 Å². The molecule has 0 aliphatic heterocycles. The van der Waals surface area contributed by atoms with Gasteiger partial charge in [-0.1, -0.05) is 11.6 Å². The normalized spacial score (nSPS) is 11.1. The maximum Gasteiger partial charge on any atom is 0.270 e. The van der Waals surface area contributed by atoms with Gasteiger partial charge in [-0.15, -0.1) is 11.3 Å². The van der Waals surface area contributed by atoms with Gasteiger partial charge in [-0.25, -0.2) is 0 Å². The first kappa shape index (κ1) is 15.6. The van der Waals surface area contributed by atoms with Crippen LogP contribution in [0.4, 0.5) is 0 Å². The molecule has 6 heteroatoms. The van der Waals surface area contributed by atoms with Gasteiger partial charge in [0.15, 0.2) is 0 Å². The van der Waals surface area contributed by atoms with Crippen molar-refractivity contribution in [3.05, 3.63) is 43.8 Å². The van der Waals surface area contributed by atoms with E-state index in [1.807, 2.05) is 29.9 Å². The molecule has 0 aromatic carbocycles. The molecule has 0 aliphatic rings. The summed E-state index contributed by atoms with van der Waals surface area (Å²) in [6.07, 6.45) is 1.80. The van der Waals surface area contributed by atoms with Gasteiger partial charge >= 0.3 is 0 Å². The molecule has 20 heavy (non-hydrogen) atoms. The van der Waals surface area contributed by atoms with Crippen LogP contribution in [0.1, 0.15) is 35.9 Å². The van der Waals surface area contributed by atoms with Crippen molar-refractivity contribution in [1.82, 2.24) is 9.47 Å². The second-order valence-electron chi connectivity index (χ2n) is 4.96. The van der Waals surface area contributed by atoms with Gasteiger partial charge in [0.05, 0.1) is 8.81 Å². The van der Waals surface area contributed by atoms with E-state index in [1.165, 1.54) is 0 Å². The SMILES string of the molecule is CC(C)n1cc(Cl)cc1C(=O)N(C)Cc1csc(Br)c1. The van der Waals surface area contributed by atoms with E-state index in [2.05, 4.69) is 15.9 Å². The Bertz CT molecular complexity index is 620. The first-order valence-corrected chi connectivity index (χ1v) is 8.29. The molecular formula is C14H16BrClN2OS. The summed E-state index contributed by atoms with van der Waals surface area (Å²) in [6, 6.07) is 3.96. The molecule has 2 heterocycles. The van der Waals surface area contributed by atoms with Crippen molar-refractivity contribution in [2.75, 3.05) is 7.05 Å². The third-order valence-electron chi connectivity index (χ3n) is 2.98. The Kier molecular flexibility index (Phi) is 4.94. The van der Waals surface area contributed by atoms with E-state index >= 15 is 0 Å². The van der Waals surface area contributed by atoms with Crippen LogP contribution < -0.4 is 0 Å². The van der Waals surface area contributed by atoms with Crippen LogP contribution in [0.2, 0.25) is 5.02 Å². The number of amides is 1. The first-order chi connectivity index (χ1) is 9.38. The highest BCUT2D eigenvalue weighted by Crippen LogP contribution is 2.23. The molecule has 2 rings (SSSR count). The van der Waals surface area contributed by atoms with Crippen LogP contribution in [0.25, 0.3) is 0 Å². The third kappa shape index (κ3) is 3.45. The molecule has 108 valence electrons. The number of halogens is 2. The lowest BCUT2D eigenvalue weighted by Crippen LogP contribution is -2.28. The molecule has 0 radical (unpaired) electrons. The van der Waals surface area contributed by atoms with Crippen molar-refractivity contribution in [1.29, 1.82) is 0 Å². The monoisotopic (exact) mass is 374 g/mol. The van der Waals surface area contributed by atoms with E-state index in [0.29, 0.717) is 17.3 Å². The minimum Gasteiger partial charge on any atom is -0.339 e. The Morgan fingerprint density at radius 1 is 1.50 bits per heavy atom. The second kappa shape index (κ2) is 6.33. The van der Waals surface area contributed by atoms with Gasteiger partial charge in [-0.3, -0.25) is 4.79 Å². The van der Waals surface area contributed by atoms with Gasteiger partial charge in [0, 0.05) is 25.8 Å². The molecular weight excluding hydrogens is 360 g/mol. The number of rotatable bonds is 4. The molecule has 0 saturated heterocycles. The average Bonchev–Trinajstić information content (AvgIpc) is 2.94. The summed E-state index contributed by atoms with van der Waals surface area (Å²) in [7, 11) is 1.81. The van der Waals surface area contributed by atoms with E-state index in [1.54, 1.807) is 35.5 Å². The summed E-state index contributed by atoms with van der Waals surface area (Å²) >= 11 is 11.1. The Morgan fingerprint density at radius 3 is 2.75 bits per heavy atom. The smallest absolute Gasteiger partial charge is 0.270 e. The third-order valence-corrected chi connectivity index (χ3v) is 4.74. The van der Waals surface area contributed by atoms with Gasteiger partial charge < -0.3 is 9.47 Å². The number of carbonyl (C=O) groups excluding carboxylic acids is 1. The summed E-state index contributed by atoms with van der Waals surface area (Å²) in [5, 5.41) is 2.64. The molecule has 0 N–H and O–H groups in total. The van der Waals surface area contributed by atoms with E-state index in [-0.39, 0.29) is 11.9 Å². The number of thiophene rings is 1. The van der Waals surface area contributed by atoms with E-state index < -0.39 is 0 Å². The molecule has 0 aliphatic carbocycles. The molecule has 0 atom stereocenters. The number of hydrogen-bond donors (Lipinski definition) is 0. The summed E-state index contributed by atoms with van der Waals surface area (Å²) in [5.74, 6) is -0.0204. The lowest BCUT2D eigenvalue weighted by molar-refractivity contribution is 0.0773. The summed E-state index contributed by atoms with van der Waals surface area (Å²) in [6.45, 7) is 4.65. The predicted molar refractivity (Wildman–Crippen MR) is 87.6 cm³/mol. The standard InChI is InChI=1S/C14H16BrClN2OS/c1-9(2)18-7-11(16)5-12(18)14(19)17(3)6-10-4-13(15)20-8-10/h4-5,7-9H,6H2,1-3H3. The highest BCUT2D eigenvalue weighted by atomic mass is 79.9. The minimum atomic E-state index is -0.0204. The van der Waals surface area contributed by atoms with Crippen molar-refractivity contribution in [3.8, 4) is 0 Å². The zero-order valence-corrected chi connectivity index (χ0v) is 14.7. The molecule has 0 fully saturated rings. The van der Waals surface area contributed by atoms with Crippen LogP contribution in [0.15, 0.2) is 27.5 Å². The fourth-order valence-corrected chi connectivity index (χ4v) is 3.42. The number of nitrogens with zero attached hydrogens (tertiary/aromatic N) is 2. The zero-order valence-electron chi connectivity index (χ0n) is 11.6. The Morgan fingerprint density at radius 2 is 2.20 bits per heavy atom. The Balaban J connectivity index is 2.18. The molecule has 0 spiro atoms. The van der Waals surface area contributed by atoms with Crippen molar-refractivity contribution in [2.24, 2.45) is 0 Å². The largest absolute Gasteiger partial charge is 0.339 e. The molecule has 0 bridgehead atoms. The number of carbonyl (C=O) groups is 1. The topological polar surface area (TPSA) is 25.2 Å². The molecule has 1 amide bonds. The maximum absolute atomic E-state index is 12.5. The van der Waals surface area contributed by atoms with Crippen LogP contribution in [0.3, 0.4) is 0 Å². The second-order valence-corrected chi connectivity index (χ2v) is 7.69. The van der Waals surface area contributed by atoms with Gasteiger partial charge in [0.1, 0.15) is 5.69 Å². The lowest BCUT2D eigenvalue weighted by Gasteiger charge is -2.19. The van der Waals surface area contributed by atoms with Gasteiger partial charge in [-0.2, -0.15) is 0 Å². The first-order valence-electron chi connectivity index (χ1n) is 6.24. The van der Waals surface area contributed by atoms with Gasteiger partial charge in [0.2, 0.25) is 0 Å². The van der Waals surface area contributed by atoms with Crippen molar-refractivity contribution < 1.29 is 4.79 Å². The maximum atomic E-state index is 12.5. The zero-order chi connectivity index (χ0) is 14.9. The van der Waals surface area contributed by atoms with Crippen LogP contribution in [0, 0.1) is 0 Å². The Hall–Kier alpha value is -0.780. The molecule has 0 unspecified atom stereocenters. The molecule has 2 aromatic heterocycles. The van der Waals surface area contributed by atoms with Crippen molar-refractivity contribution in [2.45, 2.75) is 26.4 Å². The van der Waals surface area contributed by atoms with Crippen LogP contribution >= 0.6 is 38.9 Å². The average molecular weight is 376 g/mol. The van der Waals surface area contributed by atoms with Crippen molar-refractivity contribution in [3.63, 3.8) is 0 Å². The fourth-order valence-electron chi connectivity index (χ4n) is 2.01. The number of hydrogen-bond acceptors (Lipinski definition) is 2. The lowest BCUT2D eigenvalue weighted by atomic mass is 10.3. The molecule has 2 aromatic rings. The summed E-state index contributed by atoms with van der Waals surface area (Å²) in [5.41, 5.74) is 1.74. The van der Waals surface area contributed by atoms with E-state index in [4.69, 9.17) is 11.6 Å². The van der Waals surface area contributed by atoms with E-state index in [0.717, 1.165) is 9.35 Å². The summed E-state index contributed by atoms with van der Waals surface area (Å²) < 4.78 is 2.98.